The van der Waals surface area contributed by atoms with E-state index in [0.717, 1.165) is 48.1 Å². The largest absolute Gasteiger partial charge is 0.357 e. The number of thiophene rings is 1. The zero-order valence-corrected chi connectivity index (χ0v) is 17.5. The lowest BCUT2D eigenvalue weighted by Gasteiger charge is -2.21. The summed E-state index contributed by atoms with van der Waals surface area (Å²) in [6.07, 6.45) is 3.88. The van der Waals surface area contributed by atoms with E-state index in [1.54, 1.807) is 6.07 Å². The first-order valence-electron chi connectivity index (χ1n) is 7.10. The Kier molecular flexibility index (Phi) is 10.7. The second kappa shape index (κ2) is 11.0. The number of nitrogens with two attached hydrogens (primary N) is 1. The molecule has 0 unspecified atom stereocenters. The lowest BCUT2D eigenvalue weighted by Crippen LogP contribution is -2.39. The Morgan fingerprint density at radius 3 is 2.74 bits per heavy atom. The van der Waals surface area contributed by atoms with Crippen molar-refractivity contribution in [2.75, 3.05) is 20.1 Å². The summed E-state index contributed by atoms with van der Waals surface area (Å²) in [5.74, 6) is 0.803. The van der Waals surface area contributed by atoms with Crippen molar-refractivity contribution in [2.45, 2.75) is 30.5 Å². The van der Waals surface area contributed by atoms with Crippen LogP contribution in [0.2, 0.25) is 0 Å². The molecule has 0 aromatic carbocycles. The van der Waals surface area contributed by atoms with Crippen LogP contribution in [-0.2, 0) is 16.6 Å². The molecule has 0 aliphatic rings. The molecule has 0 atom stereocenters. The SMILES string of the molecule is C=CCCCN(C)C(=NCc1ccc(S(N)(=O)=O)s1)NCC.I. The molecule has 1 heterocycles. The summed E-state index contributed by atoms with van der Waals surface area (Å²) in [5.41, 5.74) is 0. The van der Waals surface area contributed by atoms with Gasteiger partial charge in [0.05, 0.1) is 6.54 Å². The second-order valence-electron chi connectivity index (χ2n) is 4.79. The van der Waals surface area contributed by atoms with Gasteiger partial charge >= 0.3 is 0 Å². The molecule has 23 heavy (non-hydrogen) atoms. The fourth-order valence-corrected chi connectivity index (χ4v) is 3.50. The van der Waals surface area contributed by atoms with Crippen LogP contribution in [-0.4, -0.2) is 39.4 Å². The molecule has 132 valence electrons. The van der Waals surface area contributed by atoms with Crippen LogP contribution >= 0.6 is 35.3 Å². The molecule has 1 rings (SSSR count). The van der Waals surface area contributed by atoms with Gasteiger partial charge in [0.1, 0.15) is 4.21 Å². The van der Waals surface area contributed by atoms with Gasteiger partial charge in [-0.2, -0.15) is 0 Å². The van der Waals surface area contributed by atoms with Crippen molar-refractivity contribution in [1.29, 1.82) is 0 Å². The van der Waals surface area contributed by atoms with Crippen molar-refractivity contribution in [2.24, 2.45) is 10.1 Å². The summed E-state index contributed by atoms with van der Waals surface area (Å²) in [4.78, 5) is 7.46. The van der Waals surface area contributed by atoms with Gasteiger partial charge in [-0.25, -0.2) is 18.5 Å². The standard InChI is InChI=1S/C14H24N4O2S2.HI/c1-4-6-7-10-18(3)14(16-5-2)17-11-12-8-9-13(21-12)22(15,19)20;/h4,8-9H,1,5-7,10-11H2,2-3H3,(H,16,17)(H2,15,19,20);1H. The molecule has 1 aromatic heterocycles. The molecule has 0 radical (unpaired) electrons. The lowest BCUT2D eigenvalue weighted by atomic mass is 10.3. The molecule has 3 N–H and O–H groups in total. The molecule has 0 spiro atoms. The van der Waals surface area contributed by atoms with Crippen LogP contribution in [0.15, 0.2) is 34.0 Å². The van der Waals surface area contributed by atoms with E-state index in [2.05, 4.69) is 21.8 Å². The van der Waals surface area contributed by atoms with Crippen LogP contribution in [0.1, 0.15) is 24.6 Å². The lowest BCUT2D eigenvalue weighted by molar-refractivity contribution is 0.470. The van der Waals surface area contributed by atoms with Crippen LogP contribution < -0.4 is 10.5 Å². The van der Waals surface area contributed by atoms with E-state index >= 15 is 0 Å². The van der Waals surface area contributed by atoms with Crippen molar-refractivity contribution < 1.29 is 8.42 Å². The van der Waals surface area contributed by atoms with Gasteiger partial charge in [0.2, 0.25) is 10.0 Å². The highest BCUT2D eigenvalue weighted by molar-refractivity contribution is 14.0. The predicted octanol–water partition coefficient (Wildman–Crippen LogP) is 2.38. The number of sulfonamides is 1. The Labute approximate surface area is 159 Å². The van der Waals surface area contributed by atoms with Gasteiger partial charge in [-0.1, -0.05) is 6.08 Å². The number of primary sulfonamides is 1. The Bertz CT molecular complexity index is 614. The maximum absolute atomic E-state index is 11.3. The van der Waals surface area contributed by atoms with E-state index in [1.165, 1.54) is 6.07 Å². The van der Waals surface area contributed by atoms with Crippen LogP contribution in [0.4, 0.5) is 0 Å². The Hall–Kier alpha value is -0.650. The third-order valence-electron chi connectivity index (χ3n) is 2.90. The molecule has 0 aliphatic carbocycles. The molecule has 0 saturated carbocycles. The molecule has 1 aromatic rings. The Morgan fingerprint density at radius 2 is 2.22 bits per heavy atom. The average Bonchev–Trinajstić information content (AvgIpc) is 2.92. The van der Waals surface area contributed by atoms with Crippen LogP contribution in [0.5, 0.6) is 0 Å². The van der Waals surface area contributed by atoms with Crippen LogP contribution in [0.3, 0.4) is 0 Å². The normalized spacial score (nSPS) is 11.7. The molecule has 9 heteroatoms. The molecular weight excluding hydrogens is 447 g/mol. The van der Waals surface area contributed by atoms with Gasteiger partial charge in [-0.05, 0) is 31.9 Å². The van der Waals surface area contributed by atoms with Crippen molar-refractivity contribution in [3.05, 3.63) is 29.7 Å². The average molecular weight is 472 g/mol. The highest BCUT2D eigenvalue weighted by atomic mass is 127. The molecule has 0 saturated heterocycles. The van der Waals surface area contributed by atoms with Crippen molar-refractivity contribution in [3.8, 4) is 0 Å². The van der Waals surface area contributed by atoms with E-state index in [1.807, 2.05) is 20.0 Å². The smallest absolute Gasteiger partial charge is 0.247 e. The Balaban J connectivity index is 0.00000484. The maximum Gasteiger partial charge on any atom is 0.247 e. The summed E-state index contributed by atoms with van der Waals surface area (Å²) in [5, 5.41) is 8.34. The summed E-state index contributed by atoms with van der Waals surface area (Å²) < 4.78 is 22.7. The van der Waals surface area contributed by atoms with Crippen LogP contribution in [0, 0.1) is 0 Å². The summed E-state index contributed by atoms with van der Waals surface area (Å²) in [7, 11) is -1.65. The number of hydrogen-bond donors (Lipinski definition) is 2. The zero-order valence-electron chi connectivity index (χ0n) is 13.5. The van der Waals surface area contributed by atoms with Gasteiger partial charge < -0.3 is 10.2 Å². The van der Waals surface area contributed by atoms with Gasteiger partial charge in [-0.15, -0.1) is 41.9 Å². The Morgan fingerprint density at radius 1 is 1.52 bits per heavy atom. The van der Waals surface area contributed by atoms with Gasteiger partial charge in [0.15, 0.2) is 5.96 Å². The highest BCUT2D eigenvalue weighted by Crippen LogP contribution is 2.20. The topological polar surface area (TPSA) is 87.8 Å². The first-order chi connectivity index (χ1) is 10.4. The van der Waals surface area contributed by atoms with Crippen molar-refractivity contribution in [1.82, 2.24) is 10.2 Å². The first kappa shape index (κ1) is 22.4. The van der Waals surface area contributed by atoms with E-state index in [0.29, 0.717) is 6.54 Å². The number of nitrogens with one attached hydrogen (secondary N) is 1. The number of halogens is 1. The van der Waals surface area contributed by atoms with E-state index < -0.39 is 10.0 Å². The van der Waals surface area contributed by atoms with Gasteiger partial charge in [0, 0.05) is 25.0 Å². The van der Waals surface area contributed by atoms with Gasteiger partial charge in [-0.3, -0.25) is 0 Å². The minimum absolute atomic E-state index is 0. The number of allylic oxidation sites excluding steroid dienone is 1. The monoisotopic (exact) mass is 472 g/mol. The molecule has 0 aliphatic heterocycles. The van der Waals surface area contributed by atoms with Gasteiger partial charge in [0.25, 0.3) is 0 Å². The van der Waals surface area contributed by atoms with E-state index in [4.69, 9.17) is 5.14 Å². The predicted molar refractivity (Wildman–Crippen MR) is 108 cm³/mol. The number of rotatable bonds is 8. The fourth-order valence-electron chi connectivity index (χ4n) is 1.80. The number of nitrogens with zero attached hydrogens (tertiary/aromatic N) is 2. The maximum atomic E-state index is 11.3. The molecule has 0 bridgehead atoms. The van der Waals surface area contributed by atoms with Crippen molar-refractivity contribution in [3.63, 3.8) is 0 Å². The summed E-state index contributed by atoms with van der Waals surface area (Å²) >= 11 is 1.15. The molecular formula is C14H25IN4O2S2. The minimum Gasteiger partial charge on any atom is -0.357 e. The second-order valence-corrected chi connectivity index (χ2v) is 7.74. The zero-order chi connectivity index (χ0) is 16.6. The number of guanidine groups is 1. The molecule has 0 fully saturated rings. The third kappa shape index (κ3) is 8.13. The molecule has 6 nitrogen and oxygen atoms in total. The summed E-state index contributed by atoms with van der Waals surface area (Å²) in [6, 6.07) is 3.26. The summed E-state index contributed by atoms with van der Waals surface area (Å²) in [6.45, 7) is 7.81. The third-order valence-corrected chi connectivity index (χ3v) is 5.41. The number of hydrogen-bond acceptors (Lipinski definition) is 4. The van der Waals surface area contributed by atoms with E-state index in [-0.39, 0.29) is 28.2 Å². The fraction of sp³-hybridized carbons (Fsp3) is 0.500. The van der Waals surface area contributed by atoms with Crippen LogP contribution in [0.25, 0.3) is 0 Å². The quantitative estimate of drug-likeness (QED) is 0.200. The highest BCUT2D eigenvalue weighted by Gasteiger charge is 2.11. The van der Waals surface area contributed by atoms with Crippen molar-refractivity contribution >= 4 is 51.3 Å². The first-order valence-corrected chi connectivity index (χ1v) is 9.46. The number of aliphatic imine (C=N–C) groups is 1. The van der Waals surface area contributed by atoms with E-state index in [9.17, 15) is 8.42 Å². The number of unbranched alkanes of at least 4 members (excludes halogenated alkanes) is 1. The molecule has 0 amide bonds. The minimum atomic E-state index is -3.63.